The fourth-order valence-electron chi connectivity index (χ4n) is 2.70. The molecule has 0 spiro atoms. The number of hydrogen-bond donors (Lipinski definition) is 2. The third kappa shape index (κ3) is 4.03. The van der Waals surface area contributed by atoms with Gasteiger partial charge in [-0.2, -0.15) is 4.98 Å². The molecule has 7 heteroatoms. The molecule has 1 saturated carbocycles. The summed E-state index contributed by atoms with van der Waals surface area (Å²) in [6.45, 7) is 1.44. The van der Waals surface area contributed by atoms with E-state index in [1.54, 1.807) is 30.3 Å². The van der Waals surface area contributed by atoms with E-state index in [0.29, 0.717) is 34.6 Å². The van der Waals surface area contributed by atoms with Gasteiger partial charge in [-0.3, -0.25) is 9.59 Å². The molecule has 3 aromatic rings. The van der Waals surface area contributed by atoms with Crippen LogP contribution in [0.1, 0.15) is 41.9 Å². The zero-order chi connectivity index (χ0) is 18.8. The first-order valence-electron chi connectivity index (χ1n) is 8.71. The molecule has 0 aliphatic heterocycles. The lowest BCUT2D eigenvalue weighted by molar-refractivity contribution is -0.114. The molecule has 136 valence electrons. The Morgan fingerprint density at radius 2 is 1.81 bits per heavy atom. The van der Waals surface area contributed by atoms with Crippen LogP contribution in [0.4, 0.5) is 11.4 Å². The Kier molecular flexibility index (Phi) is 4.42. The van der Waals surface area contributed by atoms with Gasteiger partial charge in [-0.1, -0.05) is 17.3 Å². The number of rotatable bonds is 5. The predicted molar refractivity (Wildman–Crippen MR) is 100 cm³/mol. The minimum absolute atomic E-state index is 0.157. The van der Waals surface area contributed by atoms with Crippen molar-refractivity contribution in [3.8, 4) is 11.4 Å². The Bertz CT molecular complexity index is 990. The zero-order valence-corrected chi connectivity index (χ0v) is 14.7. The number of carbonyl (C=O) groups excluding carboxylic acids is 2. The minimum Gasteiger partial charge on any atom is -0.339 e. The van der Waals surface area contributed by atoms with E-state index in [-0.39, 0.29) is 11.8 Å². The summed E-state index contributed by atoms with van der Waals surface area (Å²) in [6.07, 6.45) is 2.19. The van der Waals surface area contributed by atoms with Crippen LogP contribution in [0.5, 0.6) is 0 Å². The van der Waals surface area contributed by atoms with E-state index in [9.17, 15) is 9.59 Å². The van der Waals surface area contributed by atoms with Gasteiger partial charge >= 0.3 is 0 Å². The van der Waals surface area contributed by atoms with Crippen LogP contribution >= 0.6 is 0 Å². The SMILES string of the molecule is CC(=O)Nc1ccc(C(=O)Nc2cccc(-c3noc(C4CC4)n3)c2)cc1. The van der Waals surface area contributed by atoms with Crippen LogP contribution in [0.3, 0.4) is 0 Å². The van der Waals surface area contributed by atoms with Crippen molar-refractivity contribution in [1.29, 1.82) is 0 Å². The highest BCUT2D eigenvalue weighted by Gasteiger charge is 2.29. The van der Waals surface area contributed by atoms with E-state index in [2.05, 4.69) is 20.8 Å². The fourth-order valence-corrected chi connectivity index (χ4v) is 2.70. The summed E-state index contributed by atoms with van der Waals surface area (Å²) < 4.78 is 5.29. The smallest absolute Gasteiger partial charge is 0.255 e. The van der Waals surface area contributed by atoms with Crippen molar-refractivity contribution in [3.63, 3.8) is 0 Å². The Morgan fingerprint density at radius 3 is 2.52 bits per heavy atom. The second-order valence-corrected chi connectivity index (χ2v) is 6.52. The van der Waals surface area contributed by atoms with E-state index in [1.807, 2.05) is 18.2 Å². The minimum atomic E-state index is -0.242. The summed E-state index contributed by atoms with van der Waals surface area (Å²) >= 11 is 0. The van der Waals surface area contributed by atoms with Crippen molar-refractivity contribution in [3.05, 3.63) is 60.0 Å². The highest BCUT2D eigenvalue weighted by molar-refractivity contribution is 6.04. The first-order valence-corrected chi connectivity index (χ1v) is 8.71. The Labute approximate surface area is 155 Å². The van der Waals surface area contributed by atoms with Gasteiger partial charge in [-0.15, -0.1) is 0 Å². The highest BCUT2D eigenvalue weighted by atomic mass is 16.5. The van der Waals surface area contributed by atoms with Crippen molar-refractivity contribution in [2.75, 3.05) is 10.6 Å². The second-order valence-electron chi connectivity index (χ2n) is 6.52. The number of hydrogen-bond acceptors (Lipinski definition) is 5. The van der Waals surface area contributed by atoms with Gasteiger partial charge in [0.1, 0.15) is 0 Å². The van der Waals surface area contributed by atoms with Crippen LogP contribution in [0.15, 0.2) is 53.1 Å². The quantitative estimate of drug-likeness (QED) is 0.719. The monoisotopic (exact) mass is 362 g/mol. The molecular weight excluding hydrogens is 344 g/mol. The van der Waals surface area contributed by atoms with Gasteiger partial charge in [0.25, 0.3) is 5.91 Å². The third-order valence-corrected chi connectivity index (χ3v) is 4.21. The summed E-state index contributed by atoms with van der Waals surface area (Å²) in [6, 6.07) is 14.0. The molecule has 27 heavy (non-hydrogen) atoms. The predicted octanol–water partition coefficient (Wildman–Crippen LogP) is 3.82. The van der Waals surface area contributed by atoms with Crippen LogP contribution in [-0.2, 0) is 4.79 Å². The molecule has 1 aromatic heterocycles. The maximum atomic E-state index is 12.4. The lowest BCUT2D eigenvalue weighted by Crippen LogP contribution is -2.12. The largest absolute Gasteiger partial charge is 0.339 e. The van der Waals surface area contributed by atoms with E-state index < -0.39 is 0 Å². The van der Waals surface area contributed by atoms with E-state index in [0.717, 1.165) is 18.4 Å². The standard InChI is InChI=1S/C20H18N4O3/c1-12(25)21-16-9-7-13(8-10-16)19(26)22-17-4-2-3-15(11-17)18-23-20(27-24-18)14-5-6-14/h2-4,7-11,14H,5-6H2,1H3,(H,21,25)(H,22,26). The van der Waals surface area contributed by atoms with Crippen LogP contribution < -0.4 is 10.6 Å². The molecule has 2 N–H and O–H groups in total. The average Bonchev–Trinajstić information content (AvgIpc) is 3.39. The van der Waals surface area contributed by atoms with Crippen molar-refractivity contribution < 1.29 is 14.1 Å². The van der Waals surface area contributed by atoms with Gasteiger partial charge in [-0.25, -0.2) is 0 Å². The number of carbonyl (C=O) groups is 2. The van der Waals surface area contributed by atoms with E-state index in [4.69, 9.17) is 4.52 Å². The zero-order valence-electron chi connectivity index (χ0n) is 14.7. The number of benzene rings is 2. The van der Waals surface area contributed by atoms with Gasteiger partial charge in [0.2, 0.25) is 17.6 Å². The fraction of sp³-hybridized carbons (Fsp3) is 0.200. The molecule has 0 unspecified atom stereocenters. The maximum absolute atomic E-state index is 12.4. The lowest BCUT2D eigenvalue weighted by atomic mass is 10.1. The second kappa shape index (κ2) is 7.03. The highest BCUT2D eigenvalue weighted by Crippen LogP contribution is 2.39. The topological polar surface area (TPSA) is 97.1 Å². The molecule has 0 saturated heterocycles. The number of nitrogens with zero attached hydrogens (tertiary/aromatic N) is 2. The van der Waals surface area contributed by atoms with Crippen LogP contribution in [0.2, 0.25) is 0 Å². The average molecular weight is 362 g/mol. The molecular formula is C20H18N4O3. The normalized spacial score (nSPS) is 13.2. The summed E-state index contributed by atoms with van der Waals surface area (Å²) in [5.74, 6) is 1.20. The van der Waals surface area contributed by atoms with E-state index >= 15 is 0 Å². The van der Waals surface area contributed by atoms with Crippen molar-refractivity contribution in [2.45, 2.75) is 25.7 Å². The summed E-state index contributed by atoms with van der Waals surface area (Å²) in [4.78, 5) is 27.9. The van der Waals surface area contributed by atoms with Gasteiger partial charge in [0.05, 0.1) is 0 Å². The van der Waals surface area contributed by atoms with Crippen LogP contribution in [0, 0.1) is 0 Å². The molecule has 1 aliphatic carbocycles. The van der Waals surface area contributed by atoms with Crippen molar-refractivity contribution in [2.24, 2.45) is 0 Å². The number of aromatic nitrogens is 2. The molecule has 2 amide bonds. The number of anilines is 2. The van der Waals surface area contributed by atoms with E-state index in [1.165, 1.54) is 6.92 Å². The third-order valence-electron chi connectivity index (χ3n) is 4.21. The molecule has 0 bridgehead atoms. The number of amides is 2. The Balaban J connectivity index is 1.47. The molecule has 0 atom stereocenters. The molecule has 7 nitrogen and oxygen atoms in total. The lowest BCUT2D eigenvalue weighted by Gasteiger charge is -2.07. The molecule has 1 aliphatic rings. The maximum Gasteiger partial charge on any atom is 0.255 e. The molecule has 1 heterocycles. The van der Waals surface area contributed by atoms with Gasteiger partial charge in [0.15, 0.2) is 0 Å². The van der Waals surface area contributed by atoms with Crippen molar-refractivity contribution in [1.82, 2.24) is 10.1 Å². The summed E-state index contributed by atoms with van der Waals surface area (Å²) in [7, 11) is 0. The Morgan fingerprint density at radius 1 is 1.04 bits per heavy atom. The first-order chi connectivity index (χ1) is 13.1. The van der Waals surface area contributed by atoms with Crippen molar-refractivity contribution >= 4 is 23.2 Å². The molecule has 0 radical (unpaired) electrons. The summed E-state index contributed by atoms with van der Waals surface area (Å²) in [5, 5.41) is 9.55. The molecule has 1 fully saturated rings. The molecule has 4 rings (SSSR count). The van der Waals surface area contributed by atoms with Crippen LogP contribution in [-0.4, -0.2) is 22.0 Å². The Hall–Kier alpha value is -3.48. The van der Waals surface area contributed by atoms with Crippen LogP contribution in [0.25, 0.3) is 11.4 Å². The molecule has 2 aromatic carbocycles. The first kappa shape index (κ1) is 17.0. The summed E-state index contributed by atoms with van der Waals surface area (Å²) in [5.41, 5.74) is 2.56. The number of nitrogens with one attached hydrogen (secondary N) is 2. The van der Waals surface area contributed by atoms with Gasteiger partial charge < -0.3 is 15.2 Å². The van der Waals surface area contributed by atoms with Gasteiger partial charge in [0, 0.05) is 35.3 Å². The van der Waals surface area contributed by atoms with Gasteiger partial charge in [-0.05, 0) is 49.2 Å².